The second-order valence-electron chi connectivity index (χ2n) is 5.31. The summed E-state index contributed by atoms with van der Waals surface area (Å²) in [5, 5.41) is 3.15. The Morgan fingerprint density at radius 3 is 2.63 bits per heavy atom. The van der Waals surface area contributed by atoms with Crippen molar-refractivity contribution in [2.24, 2.45) is 0 Å². The normalized spacial score (nSPS) is 24.7. The third-order valence-electron chi connectivity index (χ3n) is 4.03. The van der Waals surface area contributed by atoms with E-state index in [1.54, 1.807) is 7.11 Å². The lowest BCUT2D eigenvalue weighted by molar-refractivity contribution is -0.124. The Balaban J connectivity index is 1.96. The number of hydrogen-bond acceptors (Lipinski definition) is 2. The van der Waals surface area contributed by atoms with Gasteiger partial charge in [0.15, 0.2) is 0 Å². The molecule has 19 heavy (non-hydrogen) atoms. The Kier molecular flexibility index (Phi) is 4.97. The molecule has 2 rings (SSSR count). The maximum absolute atomic E-state index is 12.3. The molecule has 0 unspecified atom stereocenters. The van der Waals surface area contributed by atoms with Gasteiger partial charge in [-0.15, -0.1) is 0 Å². The van der Waals surface area contributed by atoms with Crippen LogP contribution in [-0.2, 0) is 9.53 Å². The Morgan fingerprint density at radius 2 is 1.95 bits per heavy atom. The number of benzene rings is 1. The summed E-state index contributed by atoms with van der Waals surface area (Å²) in [7, 11) is 1.73. The molecule has 1 aliphatic carbocycles. The molecule has 0 spiro atoms. The van der Waals surface area contributed by atoms with E-state index >= 15 is 0 Å². The van der Waals surface area contributed by atoms with Crippen LogP contribution in [0.15, 0.2) is 30.3 Å². The number of rotatable bonds is 4. The van der Waals surface area contributed by atoms with Gasteiger partial charge in [0.05, 0.1) is 18.1 Å². The summed E-state index contributed by atoms with van der Waals surface area (Å²) in [6.07, 6.45) is 4.59. The number of ether oxygens (including phenoxy) is 1. The fourth-order valence-electron chi connectivity index (χ4n) is 2.74. The van der Waals surface area contributed by atoms with E-state index < -0.39 is 0 Å². The lowest BCUT2D eigenvalue weighted by Crippen LogP contribution is -2.47. The first-order valence-electron chi connectivity index (χ1n) is 7.10. The maximum atomic E-state index is 12.3. The summed E-state index contributed by atoms with van der Waals surface area (Å²) >= 11 is 0. The zero-order valence-corrected chi connectivity index (χ0v) is 11.8. The van der Waals surface area contributed by atoms with E-state index in [2.05, 4.69) is 5.32 Å². The van der Waals surface area contributed by atoms with Crippen molar-refractivity contribution in [2.75, 3.05) is 7.11 Å². The SMILES string of the molecule is CO[C@@H]1CCCC[C@H]1NC(=O)[C@@H](C)c1ccccc1. The molecule has 0 heterocycles. The number of nitrogens with one attached hydrogen (secondary N) is 1. The molecule has 1 N–H and O–H groups in total. The molecule has 1 saturated carbocycles. The van der Waals surface area contributed by atoms with Crippen LogP contribution in [0.25, 0.3) is 0 Å². The standard InChI is InChI=1S/C16H23NO2/c1-12(13-8-4-3-5-9-13)16(18)17-14-10-6-7-11-15(14)19-2/h3-5,8-9,12,14-15H,6-7,10-11H2,1-2H3,(H,17,18)/t12-,14+,15+/m0/s1. The predicted octanol–water partition coefficient (Wildman–Crippen LogP) is 2.86. The van der Waals surface area contributed by atoms with Gasteiger partial charge in [-0.1, -0.05) is 43.2 Å². The van der Waals surface area contributed by atoms with Crippen LogP contribution in [0.1, 0.15) is 44.1 Å². The quantitative estimate of drug-likeness (QED) is 0.905. The highest BCUT2D eigenvalue weighted by atomic mass is 16.5. The summed E-state index contributed by atoms with van der Waals surface area (Å²) in [6.45, 7) is 1.95. The average Bonchev–Trinajstić information content (AvgIpc) is 2.48. The van der Waals surface area contributed by atoms with Crippen molar-refractivity contribution in [1.29, 1.82) is 0 Å². The highest BCUT2D eigenvalue weighted by Gasteiger charge is 2.27. The third kappa shape index (κ3) is 3.57. The van der Waals surface area contributed by atoms with Gasteiger partial charge in [0, 0.05) is 7.11 Å². The van der Waals surface area contributed by atoms with Crippen molar-refractivity contribution < 1.29 is 9.53 Å². The third-order valence-corrected chi connectivity index (χ3v) is 4.03. The number of amides is 1. The highest BCUT2D eigenvalue weighted by Crippen LogP contribution is 2.22. The van der Waals surface area contributed by atoms with E-state index in [-0.39, 0.29) is 24.0 Å². The summed E-state index contributed by atoms with van der Waals surface area (Å²) in [5.41, 5.74) is 1.06. The number of methoxy groups -OCH3 is 1. The highest BCUT2D eigenvalue weighted by molar-refractivity contribution is 5.83. The van der Waals surface area contributed by atoms with Gasteiger partial charge in [-0.3, -0.25) is 4.79 Å². The summed E-state index contributed by atoms with van der Waals surface area (Å²) in [5.74, 6) is -0.0132. The van der Waals surface area contributed by atoms with E-state index in [0.29, 0.717) is 0 Å². The molecule has 3 nitrogen and oxygen atoms in total. The van der Waals surface area contributed by atoms with Gasteiger partial charge in [-0.2, -0.15) is 0 Å². The Bertz CT molecular complexity index is 404. The van der Waals surface area contributed by atoms with Gasteiger partial charge >= 0.3 is 0 Å². The van der Waals surface area contributed by atoms with E-state index in [1.807, 2.05) is 37.3 Å². The molecule has 1 aliphatic rings. The minimum atomic E-state index is -0.111. The van der Waals surface area contributed by atoms with Crippen LogP contribution in [0.2, 0.25) is 0 Å². The zero-order valence-electron chi connectivity index (χ0n) is 11.8. The fourth-order valence-corrected chi connectivity index (χ4v) is 2.74. The monoisotopic (exact) mass is 261 g/mol. The van der Waals surface area contributed by atoms with Crippen molar-refractivity contribution in [3.05, 3.63) is 35.9 Å². The van der Waals surface area contributed by atoms with Gasteiger partial charge in [-0.05, 0) is 25.3 Å². The van der Waals surface area contributed by atoms with Gasteiger partial charge < -0.3 is 10.1 Å². The largest absolute Gasteiger partial charge is 0.379 e. The smallest absolute Gasteiger partial charge is 0.227 e. The van der Waals surface area contributed by atoms with Gasteiger partial charge in [0.25, 0.3) is 0 Å². The molecular formula is C16H23NO2. The first-order chi connectivity index (χ1) is 9.22. The molecule has 1 amide bonds. The lowest BCUT2D eigenvalue weighted by atomic mass is 9.91. The van der Waals surface area contributed by atoms with Crippen LogP contribution < -0.4 is 5.32 Å². The molecule has 0 aromatic heterocycles. The molecule has 0 aliphatic heterocycles. The molecule has 0 bridgehead atoms. The zero-order chi connectivity index (χ0) is 13.7. The average molecular weight is 261 g/mol. The number of hydrogen-bond donors (Lipinski definition) is 1. The second-order valence-corrected chi connectivity index (χ2v) is 5.31. The summed E-state index contributed by atoms with van der Waals surface area (Å²) in [6, 6.07) is 10.1. The second kappa shape index (κ2) is 6.71. The van der Waals surface area contributed by atoms with Crippen molar-refractivity contribution in [3.63, 3.8) is 0 Å². The molecular weight excluding hydrogens is 238 g/mol. The molecule has 3 heteroatoms. The maximum Gasteiger partial charge on any atom is 0.227 e. The molecule has 104 valence electrons. The molecule has 1 aromatic rings. The van der Waals surface area contributed by atoms with Crippen molar-refractivity contribution in [2.45, 2.75) is 50.7 Å². The molecule has 3 atom stereocenters. The summed E-state index contributed by atoms with van der Waals surface area (Å²) < 4.78 is 5.48. The number of carbonyl (C=O) groups excluding carboxylic acids is 1. The van der Waals surface area contributed by atoms with Crippen molar-refractivity contribution >= 4 is 5.91 Å². The first-order valence-corrected chi connectivity index (χ1v) is 7.10. The first kappa shape index (κ1) is 14.1. The topological polar surface area (TPSA) is 38.3 Å². The van der Waals surface area contributed by atoms with E-state index in [9.17, 15) is 4.79 Å². The minimum Gasteiger partial charge on any atom is -0.379 e. The van der Waals surface area contributed by atoms with Crippen LogP contribution in [0.5, 0.6) is 0 Å². The van der Waals surface area contributed by atoms with Gasteiger partial charge in [0.2, 0.25) is 5.91 Å². The molecule has 0 saturated heterocycles. The molecule has 0 radical (unpaired) electrons. The van der Waals surface area contributed by atoms with Crippen LogP contribution in [0.3, 0.4) is 0 Å². The number of carbonyl (C=O) groups is 1. The van der Waals surface area contributed by atoms with Crippen LogP contribution in [-0.4, -0.2) is 25.2 Å². The van der Waals surface area contributed by atoms with Crippen LogP contribution >= 0.6 is 0 Å². The Morgan fingerprint density at radius 1 is 1.26 bits per heavy atom. The van der Waals surface area contributed by atoms with Crippen molar-refractivity contribution in [1.82, 2.24) is 5.32 Å². The predicted molar refractivity (Wildman–Crippen MR) is 76.1 cm³/mol. The summed E-state index contributed by atoms with van der Waals surface area (Å²) in [4.78, 5) is 12.3. The minimum absolute atomic E-state index is 0.0974. The van der Waals surface area contributed by atoms with E-state index in [0.717, 1.165) is 18.4 Å². The van der Waals surface area contributed by atoms with Crippen LogP contribution in [0, 0.1) is 0 Å². The Labute approximate surface area is 115 Å². The van der Waals surface area contributed by atoms with Gasteiger partial charge in [0.1, 0.15) is 0 Å². The fraction of sp³-hybridized carbons (Fsp3) is 0.562. The Hall–Kier alpha value is -1.35. The molecule has 1 aromatic carbocycles. The van der Waals surface area contributed by atoms with Crippen molar-refractivity contribution in [3.8, 4) is 0 Å². The van der Waals surface area contributed by atoms with E-state index in [1.165, 1.54) is 12.8 Å². The lowest BCUT2D eigenvalue weighted by Gasteiger charge is -2.31. The van der Waals surface area contributed by atoms with Crippen LogP contribution in [0.4, 0.5) is 0 Å². The van der Waals surface area contributed by atoms with E-state index in [4.69, 9.17) is 4.74 Å². The molecule has 1 fully saturated rings. The van der Waals surface area contributed by atoms with Gasteiger partial charge in [-0.25, -0.2) is 0 Å².